The van der Waals surface area contributed by atoms with Crippen molar-refractivity contribution in [3.05, 3.63) is 33.8 Å². The van der Waals surface area contributed by atoms with Gasteiger partial charge in [-0.15, -0.1) is 0 Å². The summed E-state index contributed by atoms with van der Waals surface area (Å²) in [5.41, 5.74) is 8.41. The minimum atomic E-state index is 0.384. The summed E-state index contributed by atoms with van der Waals surface area (Å²) in [7, 11) is 0. The summed E-state index contributed by atoms with van der Waals surface area (Å²) in [6.07, 6.45) is 4.04. The largest absolute Gasteiger partial charge is 0.373 e. The fourth-order valence-corrected chi connectivity index (χ4v) is 3.97. The van der Waals surface area contributed by atoms with E-state index in [4.69, 9.17) is 10.5 Å². The average molecular weight is 340 g/mol. The minimum absolute atomic E-state index is 0.384. The molecule has 1 aliphatic rings. The van der Waals surface area contributed by atoms with E-state index in [9.17, 15) is 0 Å². The molecule has 0 amide bonds. The third-order valence-corrected chi connectivity index (χ3v) is 4.91. The van der Waals surface area contributed by atoms with E-state index in [1.54, 1.807) is 0 Å². The molecule has 1 fully saturated rings. The molecule has 0 aromatic heterocycles. The first kappa shape index (κ1) is 16.0. The smallest absolute Gasteiger partial charge is 0.0731 e. The predicted octanol–water partition coefficient (Wildman–Crippen LogP) is 4.64. The summed E-state index contributed by atoms with van der Waals surface area (Å²) >= 11 is 3.61. The van der Waals surface area contributed by atoms with E-state index in [1.165, 1.54) is 18.4 Å². The van der Waals surface area contributed by atoms with Gasteiger partial charge in [-0.2, -0.15) is 0 Å². The Morgan fingerprint density at radius 1 is 1.35 bits per heavy atom. The van der Waals surface area contributed by atoms with Gasteiger partial charge in [0.05, 0.1) is 12.7 Å². The summed E-state index contributed by atoms with van der Waals surface area (Å²) < 4.78 is 7.27. The van der Waals surface area contributed by atoms with Crippen molar-refractivity contribution in [2.75, 3.05) is 0 Å². The summed E-state index contributed by atoms with van der Waals surface area (Å²) in [4.78, 5) is 0. The van der Waals surface area contributed by atoms with Gasteiger partial charge in [0, 0.05) is 11.0 Å². The molecule has 1 aliphatic carbocycles. The van der Waals surface area contributed by atoms with Gasteiger partial charge < -0.3 is 10.5 Å². The van der Waals surface area contributed by atoms with Crippen LogP contribution >= 0.6 is 15.9 Å². The van der Waals surface area contributed by atoms with Crippen molar-refractivity contribution in [1.82, 2.24) is 0 Å². The van der Waals surface area contributed by atoms with Crippen molar-refractivity contribution in [1.29, 1.82) is 0 Å². The Hall–Kier alpha value is -0.380. The fraction of sp³-hybridized carbons (Fsp3) is 0.647. The highest BCUT2D eigenvalue weighted by atomic mass is 79.9. The van der Waals surface area contributed by atoms with Crippen LogP contribution in [-0.4, -0.2) is 6.10 Å². The van der Waals surface area contributed by atoms with Crippen molar-refractivity contribution in [3.63, 3.8) is 0 Å². The first-order valence-corrected chi connectivity index (χ1v) is 8.28. The first-order chi connectivity index (χ1) is 9.39. The summed E-state index contributed by atoms with van der Waals surface area (Å²) in [5, 5.41) is 0. The average Bonchev–Trinajstić information content (AvgIpc) is 2.34. The van der Waals surface area contributed by atoms with Crippen LogP contribution in [0, 0.1) is 11.3 Å². The number of benzene rings is 1. The highest BCUT2D eigenvalue weighted by Gasteiger charge is 2.32. The van der Waals surface area contributed by atoms with Gasteiger partial charge >= 0.3 is 0 Å². The lowest BCUT2D eigenvalue weighted by Crippen LogP contribution is -2.32. The summed E-state index contributed by atoms with van der Waals surface area (Å²) in [5.74, 6) is 0.756. The number of rotatable bonds is 4. The zero-order valence-electron chi connectivity index (χ0n) is 12.8. The molecule has 112 valence electrons. The Morgan fingerprint density at radius 3 is 2.70 bits per heavy atom. The van der Waals surface area contributed by atoms with Crippen LogP contribution in [0.2, 0.25) is 0 Å². The van der Waals surface area contributed by atoms with Gasteiger partial charge in [0.25, 0.3) is 0 Å². The maximum absolute atomic E-state index is 6.17. The van der Waals surface area contributed by atoms with Crippen LogP contribution in [0.4, 0.5) is 0 Å². The molecule has 3 heteroatoms. The zero-order chi connectivity index (χ0) is 14.8. The Labute approximate surface area is 131 Å². The van der Waals surface area contributed by atoms with Crippen molar-refractivity contribution >= 4 is 15.9 Å². The van der Waals surface area contributed by atoms with Gasteiger partial charge in [-0.1, -0.05) is 48.8 Å². The molecule has 0 saturated heterocycles. The van der Waals surface area contributed by atoms with Gasteiger partial charge in [-0.05, 0) is 47.8 Å². The zero-order valence-corrected chi connectivity index (χ0v) is 14.4. The van der Waals surface area contributed by atoms with Gasteiger partial charge in [0.15, 0.2) is 0 Å². The van der Waals surface area contributed by atoms with Gasteiger partial charge in [-0.3, -0.25) is 0 Å². The molecule has 0 heterocycles. The molecule has 20 heavy (non-hydrogen) atoms. The molecule has 2 unspecified atom stereocenters. The number of halogens is 1. The van der Waals surface area contributed by atoms with Gasteiger partial charge in [0.1, 0.15) is 0 Å². The van der Waals surface area contributed by atoms with Gasteiger partial charge in [0.2, 0.25) is 0 Å². The van der Waals surface area contributed by atoms with Crippen LogP contribution in [-0.2, 0) is 17.9 Å². The molecular formula is C17H26BrNO. The second kappa shape index (κ2) is 6.59. The first-order valence-electron chi connectivity index (χ1n) is 7.48. The van der Waals surface area contributed by atoms with Gasteiger partial charge in [-0.25, -0.2) is 0 Å². The molecule has 0 radical (unpaired) electrons. The Kier molecular flexibility index (Phi) is 5.27. The number of hydrogen-bond donors (Lipinski definition) is 1. The predicted molar refractivity (Wildman–Crippen MR) is 87.4 cm³/mol. The standard InChI is InChI=1S/C17H26BrNO/c1-12-6-15(9-17(2,3)8-12)20-11-14-5-4-13(10-19)7-16(14)18/h4-5,7,12,15H,6,8-11,19H2,1-3H3. The Bertz CT molecular complexity index is 458. The van der Waals surface area contributed by atoms with Crippen LogP contribution in [0.15, 0.2) is 22.7 Å². The quantitative estimate of drug-likeness (QED) is 0.867. The SMILES string of the molecule is CC1CC(OCc2ccc(CN)cc2Br)CC(C)(C)C1. The van der Waals surface area contributed by atoms with E-state index in [2.05, 4.69) is 54.9 Å². The lowest BCUT2D eigenvalue weighted by atomic mass is 9.71. The van der Waals surface area contributed by atoms with Crippen LogP contribution in [0.5, 0.6) is 0 Å². The molecule has 2 N–H and O–H groups in total. The van der Waals surface area contributed by atoms with Crippen LogP contribution in [0.1, 0.15) is 51.2 Å². The third-order valence-electron chi connectivity index (χ3n) is 4.17. The number of hydrogen-bond acceptors (Lipinski definition) is 2. The van der Waals surface area contributed by atoms with Crippen LogP contribution in [0.25, 0.3) is 0 Å². The van der Waals surface area contributed by atoms with E-state index in [-0.39, 0.29) is 0 Å². The molecular weight excluding hydrogens is 314 g/mol. The van der Waals surface area contributed by atoms with E-state index in [0.717, 1.165) is 22.4 Å². The van der Waals surface area contributed by atoms with Crippen LogP contribution < -0.4 is 5.73 Å². The molecule has 0 bridgehead atoms. The maximum Gasteiger partial charge on any atom is 0.0731 e. The lowest BCUT2D eigenvalue weighted by molar-refractivity contribution is -0.0317. The number of ether oxygens (including phenoxy) is 1. The highest BCUT2D eigenvalue weighted by molar-refractivity contribution is 9.10. The normalized spacial score (nSPS) is 25.6. The summed E-state index contributed by atoms with van der Waals surface area (Å²) in [6, 6.07) is 6.28. The molecule has 1 aromatic carbocycles. The molecule has 2 rings (SSSR count). The Morgan fingerprint density at radius 2 is 2.10 bits per heavy atom. The molecule has 1 saturated carbocycles. The molecule has 0 spiro atoms. The van der Waals surface area contributed by atoms with Crippen molar-refractivity contribution in [2.45, 2.75) is 59.3 Å². The van der Waals surface area contributed by atoms with E-state index in [0.29, 0.717) is 24.7 Å². The topological polar surface area (TPSA) is 35.2 Å². The second-order valence-electron chi connectivity index (χ2n) is 6.98. The molecule has 2 atom stereocenters. The van der Waals surface area contributed by atoms with Crippen molar-refractivity contribution in [2.24, 2.45) is 17.1 Å². The molecule has 2 nitrogen and oxygen atoms in total. The van der Waals surface area contributed by atoms with Crippen molar-refractivity contribution in [3.8, 4) is 0 Å². The second-order valence-corrected chi connectivity index (χ2v) is 7.83. The number of nitrogens with two attached hydrogens (primary N) is 1. The fourth-order valence-electron chi connectivity index (χ4n) is 3.43. The third kappa shape index (κ3) is 4.31. The van der Waals surface area contributed by atoms with Crippen LogP contribution in [0.3, 0.4) is 0 Å². The minimum Gasteiger partial charge on any atom is -0.373 e. The van der Waals surface area contributed by atoms with E-state index < -0.39 is 0 Å². The van der Waals surface area contributed by atoms with E-state index in [1.807, 2.05) is 0 Å². The highest BCUT2D eigenvalue weighted by Crippen LogP contribution is 2.40. The lowest BCUT2D eigenvalue weighted by Gasteiger charge is -2.38. The molecule has 1 aromatic rings. The Balaban J connectivity index is 1.95. The maximum atomic E-state index is 6.17. The van der Waals surface area contributed by atoms with E-state index >= 15 is 0 Å². The molecule has 0 aliphatic heterocycles. The summed E-state index contributed by atoms with van der Waals surface area (Å²) in [6.45, 7) is 8.30. The van der Waals surface area contributed by atoms with Crippen molar-refractivity contribution < 1.29 is 4.74 Å². The monoisotopic (exact) mass is 339 g/mol.